The van der Waals surface area contributed by atoms with Gasteiger partial charge in [0.1, 0.15) is 12.1 Å². The van der Waals surface area contributed by atoms with E-state index < -0.39 is 35.2 Å². The van der Waals surface area contributed by atoms with E-state index in [0.29, 0.717) is 51.6 Å². The number of carbonyl (C=O) groups excluding carboxylic acids is 3. The Bertz CT molecular complexity index is 885. The number of nitrogens with two attached hydrogens (primary N) is 1. The van der Waals surface area contributed by atoms with Gasteiger partial charge in [0, 0.05) is 13.0 Å². The number of hydrogen-bond acceptors (Lipinski definition) is 10. The van der Waals surface area contributed by atoms with Gasteiger partial charge in [0.25, 0.3) is 5.09 Å². The van der Waals surface area contributed by atoms with Crippen LogP contribution in [-0.4, -0.2) is 78.9 Å². The number of hydrogen-bond donors (Lipinski definition) is 2. The van der Waals surface area contributed by atoms with Gasteiger partial charge >= 0.3 is 11.9 Å². The minimum Gasteiger partial charge on any atom is -0.465 e. The highest BCUT2D eigenvalue weighted by molar-refractivity contribution is 5.89. The molecule has 1 aliphatic rings. The minimum absolute atomic E-state index is 0.0478. The van der Waals surface area contributed by atoms with Gasteiger partial charge < -0.3 is 24.9 Å². The number of amides is 1. The molecule has 1 saturated heterocycles. The van der Waals surface area contributed by atoms with Crippen molar-refractivity contribution in [1.82, 2.24) is 10.2 Å². The molecule has 0 bridgehead atoms. The highest BCUT2D eigenvalue weighted by atomic mass is 16.9. The predicted octanol–water partition coefficient (Wildman–Crippen LogP) is 1.77. The average molecular weight is 537 g/mol. The van der Waals surface area contributed by atoms with E-state index in [9.17, 15) is 24.5 Å². The molecule has 2 unspecified atom stereocenters. The second-order valence-electron chi connectivity index (χ2n) is 9.10. The average Bonchev–Trinajstić information content (AvgIpc) is 3.40. The Morgan fingerprint density at radius 2 is 1.87 bits per heavy atom. The molecular formula is C26H40N4O8. The maximum absolute atomic E-state index is 13.7. The second-order valence-corrected chi connectivity index (χ2v) is 9.10. The van der Waals surface area contributed by atoms with Crippen LogP contribution in [-0.2, 0) is 35.1 Å². The van der Waals surface area contributed by atoms with Gasteiger partial charge in [0.15, 0.2) is 0 Å². The summed E-state index contributed by atoms with van der Waals surface area (Å²) >= 11 is 0. The fraction of sp³-hybridized carbons (Fsp3) is 0.654. The van der Waals surface area contributed by atoms with Crippen LogP contribution < -0.4 is 11.1 Å². The van der Waals surface area contributed by atoms with Crippen LogP contribution in [0.1, 0.15) is 57.4 Å². The van der Waals surface area contributed by atoms with Gasteiger partial charge in [-0.25, -0.2) is 4.79 Å². The normalized spacial score (nSPS) is 16.5. The van der Waals surface area contributed by atoms with Crippen molar-refractivity contribution in [2.45, 2.75) is 76.4 Å². The van der Waals surface area contributed by atoms with Crippen molar-refractivity contribution < 1.29 is 33.8 Å². The molecule has 3 N–H and O–H groups in total. The van der Waals surface area contributed by atoms with Crippen molar-refractivity contribution in [3.8, 4) is 0 Å². The molecule has 12 heteroatoms. The SMILES string of the molecule is CCOC(=O)C(CCc1ccccc1)NC(CCCCN)C(=O)N1CCC[C@H]1C(=O)OCCCO[N+](=O)[O-]. The first-order valence-corrected chi connectivity index (χ1v) is 13.3. The Kier molecular flexibility index (Phi) is 14.1. The molecule has 0 radical (unpaired) electrons. The molecule has 1 aromatic carbocycles. The first-order chi connectivity index (χ1) is 18.4. The van der Waals surface area contributed by atoms with Crippen LogP contribution in [0.4, 0.5) is 0 Å². The first kappa shape index (κ1) is 31.0. The Labute approximate surface area is 223 Å². The number of aryl methyl sites for hydroxylation is 1. The van der Waals surface area contributed by atoms with Gasteiger partial charge in [-0.3, -0.25) is 14.9 Å². The topological polar surface area (TPSA) is 163 Å². The summed E-state index contributed by atoms with van der Waals surface area (Å²) in [7, 11) is 0. The van der Waals surface area contributed by atoms with Crippen molar-refractivity contribution in [2.75, 3.05) is 32.9 Å². The van der Waals surface area contributed by atoms with Gasteiger partial charge in [-0.1, -0.05) is 36.8 Å². The lowest BCUT2D eigenvalue weighted by atomic mass is 10.0. The van der Waals surface area contributed by atoms with E-state index in [1.807, 2.05) is 30.3 Å². The summed E-state index contributed by atoms with van der Waals surface area (Å²) in [5, 5.41) is 12.6. The maximum atomic E-state index is 13.7. The van der Waals surface area contributed by atoms with Crippen molar-refractivity contribution in [2.24, 2.45) is 5.73 Å². The molecule has 38 heavy (non-hydrogen) atoms. The number of benzene rings is 1. The molecule has 1 amide bonds. The summed E-state index contributed by atoms with van der Waals surface area (Å²) in [6, 6.07) is 7.61. The quantitative estimate of drug-likeness (QED) is 0.122. The zero-order valence-corrected chi connectivity index (χ0v) is 22.0. The van der Waals surface area contributed by atoms with Crippen molar-refractivity contribution in [3.63, 3.8) is 0 Å². The summed E-state index contributed by atoms with van der Waals surface area (Å²) in [6.45, 7) is 2.61. The molecule has 1 aromatic rings. The van der Waals surface area contributed by atoms with Gasteiger partial charge in [-0.2, -0.15) is 0 Å². The molecule has 1 heterocycles. The Hall–Kier alpha value is -3.25. The van der Waals surface area contributed by atoms with E-state index in [1.54, 1.807) is 6.92 Å². The third-order valence-electron chi connectivity index (χ3n) is 6.32. The van der Waals surface area contributed by atoms with Crippen LogP contribution in [0.25, 0.3) is 0 Å². The summed E-state index contributed by atoms with van der Waals surface area (Å²) in [6.07, 6.45) is 4.18. The third kappa shape index (κ3) is 10.6. The monoisotopic (exact) mass is 536 g/mol. The number of rotatable bonds is 18. The fourth-order valence-corrected chi connectivity index (χ4v) is 4.42. The summed E-state index contributed by atoms with van der Waals surface area (Å²) in [5.74, 6) is -1.25. The number of likely N-dealkylation sites (tertiary alicyclic amines) is 1. The lowest BCUT2D eigenvalue weighted by Crippen LogP contribution is -2.54. The fourth-order valence-electron chi connectivity index (χ4n) is 4.42. The molecule has 0 aliphatic carbocycles. The zero-order valence-electron chi connectivity index (χ0n) is 22.0. The van der Waals surface area contributed by atoms with Crippen LogP contribution in [0.15, 0.2) is 30.3 Å². The van der Waals surface area contributed by atoms with Crippen LogP contribution in [0, 0.1) is 10.1 Å². The highest BCUT2D eigenvalue weighted by Gasteiger charge is 2.39. The number of nitrogens with one attached hydrogen (secondary N) is 1. The smallest absolute Gasteiger partial charge is 0.328 e. The van der Waals surface area contributed by atoms with E-state index in [1.165, 1.54) is 4.90 Å². The summed E-state index contributed by atoms with van der Waals surface area (Å²) in [4.78, 5) is 55.2. The van der Waals surface area contributed by atoms with E-state index in [0.717, 1.165) is 12.0 Å². The highest BCUT2D eigenvalue weighted by Crippen LogP contribution is 2.21. The number of esters is 2. The van der Waals surface area contributed by atoms with Crippen LogP contribution >= 0.6 is 0 Å². The molecule has 1 fully saturated rings. The van der Waals surface area contributed by atoms with Crippen LogP contribution in [0.3, 0.4) is 0 Å². The molecule has 12 nitrogen and oxygen atoms in total. The Morgan fingerprint density at radius 3 is 2.55 bits per heavy atom. The zero-order chi connectivity index (χ0) is 27.8. The van der Waals surface area contributed by atoms with Crippen molar-refractivity contribution in [1.29, 1.82) is 0 Å². The van der Waals surface area contributed by atoms with Crippen molar-refractivity contribution >= 4 is 17.8 Å². The molecule has 0 aromatic heterocycles. The number of carbonyl (C=O) groups is 3. The minimum atomic E-state index is -0.902. The molecule has 212 valence electrons. The number of ether oxygens (including phenoxy) is 2. The molecule has 1 aliphatic heterocycles. The molecule has 0 saturated carbocycles. The summed E-state index contributed by atoms with van der Waals surface area (Å²) in [5.41, 5.74) is 6.73. The number of unbranched alkanes of at least 4 members (excludes halogenated alkanes) is 1. The standard InChI is InChI=1S/C26H40N4O8/c1-2-36-25(32)22(15-14-20-10-4-3-5-11-20)28-21(12-6-7-16-27)24(31)29-17-8-13-23(29)26(33)37-18-9-19-38-30(34)35/h3-5,10-11,21-23,28H,2,6-9,12-19,27H2,1H3/t21?,22?,23-/m0/s1. The van der Waals surface area contributed by atoms with Gasteiger partial charge in [0.2, 0.25) is 5.91 Å². The lowest BCUT2D eigenvalue weighted by molar-refractivity contribution is -0.757. The largest absolute Gasteiger partial charge is 0.465 e. The lowest BCUT2D eigenvalue weighted by Gasteiger charge is -2.30. The summed E-state index contributed by atoms with van der Waals surface area (Å²) < 4.78 is 10.5. The van der Waals surface area contributed by atoms with E-state index in [2.05, 4.69) is 10.2 Å². The number of nitrogens with zero attached hydrogens (tertiary/aromatic N) is 2. The third-order valence-corrected chi connectivity index (χ3v) is 6.32. The van der Waals surface area contributed by atoms with Gasteiger partial charge in [-0.05, 0) is 57.6 Å². The van der Waals surface area contributed by atoms with Crippen molar-refractivity contribution in [3.05, 3.63) is 46.0 Å². The predicted molar refractivity (Wildman–Crippen MR) is 138 cm³/mol. The Balaban J connectivity index is 2.08. The van der Waals surface area contributed by atoms with Gasteiger partial charge in [0.05, 0.1) is 25.9 Å². The van der Waals surface area contributed by atoms with Crippen LogP contribution in [0.5, 0.6) is 0 Å². The van der Waals surface area contributed by atoms with Gasteiger partial charge in [-0.15, -0.1) is 10.1 Å². The molecule has 2 rings (SSSR count). The van der Waals surface area contributed by atoms with E-state index >= 15 is 0 Å². The van der Waals surface area contributed by atoms with Crippen LogP contribution in [0.2, 0.25) is 0 Å². The maximum Gasteiger partial charge on any atom is 0.328 e. The molecular weight excluding hydrogens is 496 g/mol. The molecule has 0 spiro atoms. The van der Waals surface area contributed by atoms with E-state index in [-0.39, 0.29) is 32.1 Å². The Morgan fingerprint density at radius 1 is 1.11 bits per heavy atom. The second kappa shape index (κ2) is 17.3. The first-order valence-electron chi connectivity index (χ1n) is 13.3. The van der Waals surface area contributed by atoms with E-state index in [4.69, 9.17) is 15.2 Å². The molecule has 3 atom stereocenters.